The third-order valence-corrected chi connectivity index (χ3v) is 2.45. The van der Waals surface area contributed by atoms with Gasteiger partial charge in [0, 0.05) is 30.9 Å². The number of nitrogens with zero attached hydrogens (tertiary/aromatic N) is 3. The molecule has 0 fully saturated rings. The standard InChI is InChI=1S/C11H11N3O3/c1-13-10(5-6-12-13)9-7-8(14(16)17-2)3-4-11(9)15/h3-7H,1-2H3/p+1. The van der Waals surface area contributed by atoms with Crippen molar-refractivity contribution in [1.82, 2.24) is 9.78 Å². The van der Waals surface area contributed by atoms with Crippen LogP contribution in [0.4, 0.5) is 5.69 Å². The summed E-state index contributed by atoms with van der Waals surface area (Å²) in [5, 5.41) is 13.8. The van der Waals surface area contributed by atoms with Gasteiger partial charge in [-0.2, -0.15) is 5.10 Å². The van der Waals surface area contributed by atoms with Gasteiger partial charge < -0.3 is 5.11 Å². The fraction of sp³-hybridized carbons (Fsp3) is 0.182. The Morgan fingerprint density at radius 2 is 2.18 bits per heavy atom. The highest BCUT2D eigenvalue weighted by Crippen LogP contribution is 2.31. The van der Waals surface area contributed by atoms with Gasteiger partial charge >= 0.3 is 5.69 Å². The van der Waals surface area contributed by atoms with Crippen LogP contribution in [0.3, 0.4) is 0 Å². The molecule has 2 aromatic rings. The minimum atomic E-state index is 0.0850. The highest BCUT2D eigenvalue weighted by Gasteiger charge is 2.18. The molecule has 1 N–H and O–H groups in total. The maximum atomic E-state index is 11.3. The highest BCUT2D eigenvalue weighted by molar-refractivity contribution is 5.69. The molecule has 1 heterocycles. The van der Waals surface area contributed by atoms with Crippen molar-refractivity contribution in [2.45, 2.75) is 0 Å². The van der Waals surface area contributed by atoms with Crippen molar-refractivity contribution < 1.29 is 14.9 Å². The maximum Gasteiger partial charge on any atom is 0.317 e. The fourth-order valence-corrected chi connectivity index (χ4v) is 1.59. The molecule has 1 aromatic heterocycles. The summed E-state index contributed by atoms with van der Waals surface area (Å²) in [6.45, 7) is 0. The van der Waals surface area contributed by atoms with Gasteiger partial charge in [0.2, 0.25) is 0 Å². The van der Waals surface area contributed by atoms with Crippen molar-refractivity contribution in [3.63, 3.8) is 0 Å². The largest absolute Gasteiger partial charge is 0.507 e. The molecule has 0 amide bonds. The van der Waals surface area contributed by atoms with E-state index in [2.05, 4.69) is 9.94 Å². The van der Waals surface area contributed by atoms with Gasteiger partial charge in [-0.3, -0.25) is 4.68 Å². The Morgan fingerprint density at radius 3 is 2.76 bits per heavy atom. The van der Waals surface area contributed by atoms with Gasteiger partial charge in [-0.25, -0.2) is 4.84 Å². The zero-order valence-electron chi connectivity index (χ0n) is 9.49. The number of aryl methyl sites for hydroxylation is 1. The number of hydrogen-bond acceptors (Lipinski definition) is 4. The minimum absolute atomic E-state index is 0.0850. The smallest absolute Gasteiger partial charge is 0.317 e. The first-order valence-electron chi connectivity index (χ1n) is 4.96. The van der Waals surface area contributed by atoms with Crippen molar-refractivity contribution in [3.8, 4) is 17.0 Å². The van der Waals surface area contributed by atoms with Gasteiger partial charge in [0.25, 0.3) is 4.92 Å². The number of benzene rings is 1. The van der Waals surface area contributed by atoms with Crippen LogP contribution in [0.5, 0.6) is 5.75 Å². The van der Waals surface area contributed by atoms with Gasteiger partial charge in [-0.05, 0) is 12.1 Å². The third-order valence-electron chi connectivity index (χ3n) is 2.45. The van der Waals surface area contributed by atoms with Crippen LogP contribution < -0.4 is 0 Å². The number of aromatic hydroxyl groups is 1. The molecule has 0 unspecified atom stereocenters. The van der Waals surface area contributed by atoms with E-state index in [9.17, 15) is 10.0 Å². The van der Waals surface area contributed by atoms with E-state index in [0.717, 1.165) is 0 Å². The number of phenols is 1. The number of rotatable bonds is 3. The molecule has 0 aliphatic heterocycles. The Balaban J connectivity index is 2.54. The van der Waals surface area contributed by atoms with E-state index in [-0.39, 0.29) is 5.75 Å². The summed E-state index contributed by atoms with van der Waals surface area (Å²) in [6, 6.07) is 6.22. The quantitative estimate of drug-likeness (QED) is 0.822. The zero-order valence-corrected chi connectivity index (χ0v) is 9.49. The maximum absolute atomic E-state index is 11.3. The lowest BCUT2D eigenvalue weighted by atomic mass is 10.1. The minimum Gasteiger partial charge on any atom is -0.507 e. The van der Waals surface area contributed by atoms with Crippen molar-refractivity contribution in [2.24, 2.45) is 7.05 Å². The molecule has 0 aliphatic carbocycles. The topological polar surface area (TPSA) is 67.4 Å². The summed E-state index contributed by atoms with van der Waals surface area (Å²) in [4.78, 5) is 16.2. The predicted molar refractivity (Wildman–Crippen MR) is 60.6 cm³/mol. The lowest BCUT2D eigenvalue weighted by Crippen LogP contribution is -1.99. The molecule has 0 atom stereocenters. The average Bonchev–Trinajstić information content (AvgIpc) is 2.75. The lowest BCUT2D eigenvalue weighted by molar-refractivity contribution is -0.736. The first-order chi connectivity index (χ1) is 8.13. The van der Waals surface area contributed by atoms with E-state index in [4.69, 9.17) is 0 Å². The van der Waals surface area contributed by atoms with Crippen molar-refractivity contribution in [1.29, 1.82) is 0 Å². The summed E-state index contributed by atoms with van der Waals surface area (Å²) in [7, 11) is 3.04. The number of phenolic OH excluding ortho intramolecular Hbond substituents is 1. The molecular weight excluding hydrogens is 222 g/mol. The van der Waals surface area contributed by atoms with Gasteiger partial charge in [0.15, 0.2) is 7.11 Å². The van der Waals surface area contributed by atoms with Gasteiger partial charge in [-0.15, -0.1) is 0 Å². The molecule has 1 aromatic carbocycles. The second kappa shape index (κ2) is 4.25. The van der Waals surface area contributed by atoms with Gasteiger partial charge in [0.05, 0.1) is 10.6 Å². The Kier molecular flexibility index (Phi) is 2.78. The van der Waals surface area contributed by atoms with Crippen LogP contribution in [0.15, 0.2) is 30.5 Å². The molecule has 0 saturated carbocycles. The van der Waals surface area contributed by atoms with E-state index in [1.165, 1.54) is 19.2 Å². The molecule has 17 heavy (non-hydrogen) atoms. The van der Waals surface area contributed by atoms with E-state index in [1.807, 2.05) is 0 Å². The predicted octanol–water partition coefficient (Wildman–Crippen LogP) is 1.76. The fourth-order valence-electron chi connectivity index (χ4n) is 1.59. The molecule has 6 nitrogen and oxygen atoms in total. The van der Waals surface area contributed by atoms with Crippen LogP contribution in [0.2, 0.25) is 0 Å². The molecule has 0 radical (unpaired) electrons. The van der Waals surface area contributed by atoms with Crippen molar-refractivity contribution in [3.05, 3.63) is 35.4 Å². The van der Waals surface area contributed by atoms with E-state index < -0.39 is 0 Å². The first-order valence-corrected chi connectivity index (χ1v) is 4.96. The molecule has 2 rings (SSSR count). The molecule has 0 bridgehead atoms. The molecule has 0 aliphatic rings. The zero-order chi connectivity index (χ0) is 12.4. The van der Waals surface area contributed by atoms with Crippen LogP contribution in [-0.2, 0) is 11.9 Å². The second-order valence-electron chi connectivity index (χ2n) is 3.48. The molecular formula is C11H12N3O3+. The molecule has 88 valence electrons. The van der Waals surface area contributed by atoms with Gasteiger partial charge in [0.1, 0.15) is 5.75 Å². The van der Waals surface area contributed by atoms with Crippen LogP contribution in [0, 0.1) is 4.91 Å². The Bertz CT molecular complexity index is 563. The van der Waals surface area contributed by atoms with E-state index in [0.29, 0.717) is 21.9 Å². The number of hydrogen-bond donors (Lipinski definition) is 1. The average molecular weight is 234 g/mol. The molecule has 0 saturated heterocycles. The first kappa shape index (κ1) is 11.1. The monoisotopic (exact) mass is 234 g/mol. The Labute approximate surface area is 97.6 Å². The normalized spacial score (nSPS) is 10.2. The van der Waals surface area contributed by atoms with Crippen LogP contribution >= 0.6 is 0 Å². The highest BCUT2D eigenvalue weighted by atomic mass is 16.8. The summed E-state index contributed by atoms with van der Waals surface area (Å²) in [6.07, 6.45) is 1.62. The summed E-state index contributed by atoms with van der Waals surface area (Å²) < 4.78 is 1.61. The Morgan fingerprint density at radius 1 is 1.41 bits per heavy atom. The SMILES string of the molecule is CO[N+](=O)c1ccc(O)c(-c2ccnn2C)c1. The second-order valence-corrected chi connectivity index (χ2v) is 3.48. The Hall–Kier alpha value is -2.37. The van der Waals surface area contributed by atoms with Crippen LogP contribution in [0.1, 0.15) is 0 Å². The molecule has 0 spiro atoms. The third kappa shape index (κ3) is 1.96. The van der Waals surface area contributed by atoms with Crippen molar-refractivity contribution >= 4 is 5.69 Å². The van der Waals surface area contributed by atoms with Crippen LogP contribution in [-0.4, -0.2) is 26.9 Å². The van der Waals surface area contributed by atoms with E-state index >= 15 is 0 Å². The van der Waals surface area contributed by atoms with Crippen LogP contribution in [0.25, 0.3) is 11.3 Å². The van der Waals surface area contributed by atoms with Crippen molar-refractivity contribution in [2.75, 3.05) is 7.11 Å². The summed E-state index contributed by atoms with van der Waals surface area (Å²) in [5.74, 6) is 0.0850. The summed E-state index contributed by atoms with van der Waals surface area (Å²) in [5.41, 5.74) is 1.55. The van der Waals surface area contributed by atoms with Gasteiger partial charge in [-0.1, -0.05) is 0 Å². The number of aromatic nitrogens is 2. The molecule has 6 heteroatoms. The van der Waals surface area contributed by atoms with E-state index in [1.54, 1.807) is 30.1 Å². The lowest BCUT2D eigenvalue weighted by Gasteiger charge is -2.04. The summed E-state index contributed by atoms with van der Waals surface area (Å²) >= 11 is 0.